The van der Waals surface area contributed by atoms with Crippen molar-refractivity contribution >= 4 is 29.7 Å². The molecule has 90 valence electrons. The van der Waals surface area contributed by atoms with E-state index in [4.69, 9.17) is 0 Å². The summed E-state index contributed by atoms with van der Waals surface area (Å²) in [5, 5.41) is 5.24. The number of carbonyl (C=O) groups excluding carboxylic acids is 1. The number of amides is 1. The molecule has 0 saturated carbocycles. The molecule has 0 aliphatic carbocycles. The Balaban J connectivity index is 0.00000128. The number of hydrogen-bond donors (Lipinski definition) is 1. The fourth-order valence-electron chi connectivity index (χ4n) is 1.67. The molecule has 1 aliphatic rings. The van der Waals surface area contributed by atoms with E-state index in [0.717, 1.165) is 38.3 Å². The van der Waals surface area contributed by atoms with Gasteiger partial charge in [0, 0.05) is 38.0 Å². The first kappa shape index (κ1) is 13.4. The summed E-state index contributed by atoms with van der Waals surface area (Å²) in [5.74, 6) is 0.254. The molecule has 0 unspecified atom stereocenters. The number of hydrogen-bond acceptors (Lipinski definition) is 4. The number of carbonyl (C=O) groups is 1. The summed E-state index contributed by atoms with van der Waals surface area (Å²) in [6.45, 7) is 3.52. The van der Waals surface area contributed by atoms with Crippen LogP contribution >= 0.6 is 23.7 Å². The summed E-state index contributed by atoms with van der Waals surface area (Å²) in [7, 11) is 0. The van der Waals surface area contributed by atoms with Gasteiger partial charge in [-0.25, -0.2) is 4.98 Å². The number of rotatable bonds is 3. The molecule has 6 heteroatoms. The average molecular weight is 262 g/mol. The highest BCUT2D eigenvalue weighted by atomic mass is 35.5. The van der Waals surface area contributed by atoms with E-state index in [9.17, 15) is 4.79 Å². The molecule has 1 N–H and O–H groups in total. The Morgan fingerprint density at radius 3 is 2.88 bits per heavy atom. The Bertz CT molecular complexity index is 312. The van der Waals surface area contributed by atoms with Crippen molar-refractivity contribution in [2.45, 2.75) is 12.8 Å². The van der Waals surface area contributed by atoms with E-state index in [1.807, 2.05) is 15.8 Å². The van der Waals surface area contributed by atoms with Crippen LogP contribution in [0.5, 0.6) is 0 Å². The first-order chi connectivity index (χ1) is 7.36. The van der Waals surface area contributed by atoms with Gasteiger partial charge in [-0.1, -0.05) is 0 Å². The topological polar surface area (TPSA) is 45.2 Å². The van der Waals surface area contributed by atoms with Crippen molar-refractivity contribution in [1.29, 1.82) is 0 Å². The van der Waals surface area contributed by atoms with Gasteiger partial charge in [0.05, 0.1) is 11.2 Å². The number of thiazole rings is 1. The van der Waals surface area contributed by atoms with E-state index in [-0.39, 0.29) is 18.3 Å². The van der Waals surface area contributed by atoms with E-state index < -0.39 is 0 Å². The highest BCUT2D eigenvalue weighted by Gasteiger charge is 2.15. The number of halogens is 1. The Kier molecular flexibility index (Phi) is 5.73. The predicted molar refractivity (Wildman–Crippen MR) is 67.1 cm³/mol. The summed E-state index contributed by atoms with van der Waals surface area (Å²) in [6, 6.07) is 0. The lowest BCUT2D eigenvalue weighted by atomic mass is 10.2. The van der Waals surface area contributed by atoms with Crippen LogP contribution in [0.25, 0.3) is 0 Å². The Morgan fingerprint density at radius 1 is 1.50 bits per heavy atom. The lowest BCUT2D eigenvalue weighted by Gasteiger charge is -2.27. The van der Waals surface area contributed by atoms with Crippen LogP contribution in [0.4, 0.5) is 0 Å². The highest BCUT2D eigenvalue weighted by molar-refractivity contribution is 7.07. The second-order valence-corrected chi connectivity index (χ2v) is 4.33. The maximum absolute atomic E-state index is 11.8. The molecule has 0 radical (unpaired) electrons. The zero-order valence-electron chi connectivity index (χ0n) is 9.02. The zero-order chi connectivity index (χ0) is 10.5. The number of aromatic nitrogens is 1. The van der Waals surface area contributed by atoms with Gasteiger partial charge in [0.1, 0.15) is 0 Å². The van der Waals surface area contributed by atoms with Gasteiger partial charge in [0.15, 0.2) is 0 Å². The largest absolute Gasteiger partial charge is 0.340 e. The van der Waals surface area contributed by atoms with Crippen LogP contribution in [-0.2, 0) is 11.2 Å². The zero-order valence-corrected chi connectivity index (χ0v) is 10.6. The SMILES string of the molecule is Cl.O=C(CCc1cscn1)N1CCNCC1. The Hall–Kier alpha value is -0.650. The van der Waals surface area contributed by atoms with Crippen molar-refractivity contribution in [2.24, 2.45) is 0 Å². The van der Waals surface area contributed by atoms with Crippen LogP contribution < -0.4 is 5.32 Å². The third kappa shape index (κ3) is 3.73. The van der Waals surface area contributed by atoms with Crippen molar-refractivity contribution in [3.8, 4) is 0 Å². The predicted octanol–water partition coefficient (Wildman–Crippen LogP) is 0.929. The minimum absolute atomic E-state index is 0. The maximum atomic E-state index is 11.8. The van der Waals surface area contributed by atoms with Crippen LogP contribution in [0.3, 0.4) is 0 Å². The monoisotopic (exact) mass is 261 g/mol. The minimum Gasteiger partial charge on any atom is -0.340 e. The minimum atomic E-state index is 0. The molecular weight excluding hydrogens is 246 g/mol. The number of nitrogens with one attached hydrogen (secondary N) is 1. The summed E-state index contributed by atoms with van der Waals surface area (Å²) in [6.07, 6.45) is 1.36. The summed E-state index contributed by atoms with van der Waals surface area (Å²) in [4.78, 5) is 17.9. The van der Waals surface area contributed by atoms with Crippen LogP contribution in [0, 0.1) is 0 Å². The molecule has 1 aliphatic heterocycles. The van der Waals surface area contributed by atoms with Gasteiger partial charge in [-0.05, 0) is 6.42 Å². The molecule has 2 rings (SSSR count). The van der Waals surface area contributed by atoms with Crippen molar-refractivity contribution < 1.29 is 4.79 Å². The standard InChI is InChI=1S/C10H15N3OS.ClH/c14-10(13-5-3-11-4-6-13)2-1-9-7-15-8-12-9;/h7-8,11H,1-6H2;1H. The molecule has 1 saturated heterocycles. The molecule has 0 atom stereocenters. The molecule has 4 nitrogen and oxygen atoms in total. The van der Waals surface area contributed by atoms with Crippen molar-refractivity contribution in [2.75, 3.05) is 26.2 Å². The van der Waals surface area contributed by atoms with Crippen molar-refractivity contribution in [3.63, 3.8) is 0 Å². The van der Waals surface area contributed by atoms with Crippen molar-refractivity contribution in [3.05, 3.63) is 16.6 Å². The van der Waals surface area contributed by atoms with E-state index in [1.54, 1.807) is 11.3 Å². The molecule has 0 aromatic carbocycles. The second-order valence-electron chi connectivity index (χ2n) is 3.61. The number of aryl methyl sites for hydroxylation is 1. The van der Waals surface area contributed by atoms with Gasteiger partial charge in [-0.2, -0.15) is 0 Å². The average Bonchev–Trinajstić information content (AvgIpc) is 2.80. The molecule has 0 spiro atoms. The molecule has 2 heterocycles. The molecule has 1 fully saturated rings. The maximum Gasteiger partial charge on any atom is 0.223 e. The van der Waals surface area contributed by atoms with Crippen molar-refractivity contribution in [1.82, 2.24) is 15.2 Å². The Morgan fingerprint density at radius 2 is 2.25 bits per heavy atom. The fourth-order valence-corrected chi connectivity index (χ4v) is 2.26. The van der Waals surface area contributed by atoms with Gasteiger partial charge in [0.2, 0.25) is 5.91 Å². The van der Waals surface area contributed by atoms with E-state index in [1.165, 1.54) is 0 Å². The number of nitrogens with zero attached hydrogens (tertiary/aromatic N) is 2. The quantitative estimate of drug-likeness (QED) is 0.881. The molecule has 1 aromatic heterocycles. The first-order valence-corrected chi connectivity index (χ1v) is 6.16. The van der Waals surface area contributed by atoms with Gasteiger partial charge < -0.3 is 10.2 Å². The van der Waals surface area contributed by atoms with Crippen LogP contribution in [0.2, 0.25) is 0 Å². The molecular formula is C10H16ClN3OS. The summed E-state index contributed by atoms with van der Waals surface area (Å²) >= 11 is 1.58. The third-order valence-corrected chi connectivity index (χ3v) is 3.18. The molecule has 16 heavy (non-hydrogen) atoms. The van der Waals surface area contributed by atoms with Gasteiger partial charge in [-0.15, -0.1) is 23.7 Å². The number of piperazine rings is 1. The first-order valence-electron chi connectivity index (χ1n) is 5.22. The van der Waals surface area contributed by atoms with E-state index in [2.05, 4.69) is 10.3 Å². The van der Waals surface area contributed by atoms with E-state index in [0.29, 0.717) is 6.42 Å². The highest BCUT2D eigenvalue weighted by Crippen LogP contribution is 2.06. The lowest BCUT2D eigenvalue weighted by Crippen LogP contribution is -2.46. The molecule has 0 bridgehead atoms. The Labute approximate surface area is 105 Å². The second kappa shape index (κ2) is 6.83. The van der Waals surface area contributed by atoms with Crippen LogP contribution in [0.1, 0.15) is 12.1 Å². The van der Waals surface area contributed by atoms with Crippen LogP contribution in [0.15, 0.2) is 10.9 Å². The normalized spacial score (nSPS) is 15.6. The molecule has 1 amide bonds. The van der Waals surface area contributed by atoms with Crippen LogP contribution in [-0.4, -0.2) is 42.0 Å². The smallest absolute Gasteiger partial charge is 0.223 e. The third-order valence-electron chi connectivity index (χ3n) is 2.55. The van der Waals surface area contributed by atoms with Gasteiger partial charge in [-0.3, -0.25) is 4.79 Å². The van der Waals surface area contributed by atoms with Gasteiger partial charge in [0.25, 0.3) is 0 Å². The fraction of sp³-hybridized carbons (Fsp3) is 0.600. The molecule has 1 aromatic rings. The summed E-state index contributed by atoms with van der Waals surface area (Å²) in [5.41, 5.74) is 2.84. The lowest BCUT2D eigenvalue weighted by molar-refractivity contribution is -0.131. The van der Waals surface area contributed by atoms with Gasteiger partial charge >= 0.3 is 0 Å². The van der Waals surface area contributed by atoms with E-state index >= 15 is 0 Å². The summed E-state index contributed by atoms with van der Waals surface area (Å²) < 4.78 is 0.